The van der Waals surface area contributed by atoms with Crippen molar-refractivity contribution in [3.8, 4) is 6.07 Å². The molecule has 2 rings (SSSR count). The zero-order chi connectivity index (χ0) is 15.8. The summed E-state index contributed by atoms with van der Waals surface area (Å²) >= 11 is 0. The molecule has 0 heterocycles. The van der Waals surface area contributed by atoms with Gasteiger partial charge in [-0.05, 0) is 68.3 Å². The van der Waals surface area contributed by atoms with Crippen LogP contribution in [0.5, 0.6) is 0 Å². The minimum Gasteiger partial charge on any atom is -0.195 e. The number of hydrogen-bond donors (Lipinski definition) is 0. The Kier molecular flexibility index (Phi) is 7.16. The molecule has 0 atom stereocenters. The number of hydrogen-bond acceptors (Lipinski definition) is 1. The summed E-state index contributed by atoms with van der Waals surface area (Å²) in [5.41, 5.74) is 0. The standard InChI is InChI=1S/C20H30FN/c1-2-4-16-7-11-18(12-8-16)19-13-9-17(10-14-19)5-3-6-20(21)15-22/h3,5-6,16-19H,2,4,7-14H2,1H3/b5-3+,20-6-/t16-,17?,18-,19?. The highest BCUT2D eigenvalue weighted by atomic mass is 19.1. The van der Waals surface area contributed by atoms with Gasteiger partial charge in [0.15, 0.2) is 5.83 Å². The van der Waals surface area contributed by atoms with Crippen molar-refractivity contribution in [1.29, 1.82) is 5.26 Å². The van der Waals surface area contributed by atoms with E-state index < -0.39 is 5.83 Å². The van der Waals surface area contributed by atoms with E-state index in [0.29, 0.717) is 5.92 Å². The third-order valence-electron chi connectivity index (χ3n) is 5.80. The molecule has 0 aromatic rings. The van der Waals surface area contributed by atoms with Gasteiger partial charge in [-0.3, -0.25) is 0 Å². The van der Waals surface area contributed by atoms with Crippen LogP contribution in [0.3, 0.4) is 0 Å². The zero-order valence-electron chi connectivity index (χ0n) is 13.9. The molecule has 0 saturated heterocycles. The third kappa shape index (κ3) is 5.27. The monoisotopic (exact) mass is 303 g/mol. The Bertz CT molecular complexity index is 415. The second-order valence-corrected chi connectivity index (χ2v) is 7.26. The summed E-state index contributed by atoms with van der Waals surface area (Å²) in [5.74, 6) is 2.78. The van der Waals surface area contributed by atoms with Gasteiger partial charge in [0.05, 0.1) is 0 Å². The lowest BCUT2D eigenvalue weighted by molar-refractivity contribution is 0.152. The van der Waals surface area contributed by atoms with Gasteiger partial charge in [-0.25, -0.2) is 0 Å². The Balaban J connectivity index is 1.71. The van der Waals surface area contributed by atoms with Gasteiger partial charge < -0.3 is 0 Å². The molecule has 0 N–H and O–H groups in total. The summed E-state index contributed by atoms with van der Waals surface area (Å²) < 4.78 is 12.7. The van der Waals surface area contributed by atoms with E-state index in [0.717, 1.165) is 17.8 Å². The van der Waals surface area contributed by atoms with Gasteiger partial charge >= 0.3 is 0 Å². The van der Waals surface area contributed by atoms with Crippen LogP contribution in [0.2, 0.25) is 0 Å². The molecule has 0 aromatic heterocycles. The maximum absolute atomic E-state index is 12.7. The van der Waals surface area contributed by atoms with E-state index in [1.165, 1.54) is 76.4 Å². The van der Waals surface area contributed by atoms with Crippen LogP contribution in [-0.4, -0.2) is 0 Å². The molecule has 22 heavy (non-hydrogen) atoms. The van der Waals surface area contributed by atoms with Crippen LogP contribution in [-0.2, 0) is 0 Å². The number of nitriles is 1. The summed E-state index contributed by atoms with van der Waals surface area (Å²) in [4.78, 5) is 0. The van der Waals surface area contributed by atoms with Crippen molar-refractivity contribution in [3.05, 3.63) is 24.1 Å². The van der Waals surface area contributed by atoms with Crippen LogP contribution < -0.4 is 0 Å². The predicted octanol–water partition coefficient (Wildman–Crippen LogP) is 6.33. The van der Waals surface area contributed by atoms with Crippen LogP contribution in [0.4, 0.5) is 4.39 Å². The first-order valence-electron chi connectivity index (χ1n) is 9.17. The Morgan fingerprint density at radius 1 is 1.05 bits per heavy atom. The first-order valence-corrected chi connectivity index (χ1v) is 9.17. The topological polar surface area (TPSA) is 23.8 Å². The van der Waals surface area contributed by atoms with Gasteiger partial charge in [0, 0.05) is 0 Å². The van der Waals surface area contributed by atoms with Crippen molar-refractivity contribution in [2.75, 3.05) is 0 Å². The third-order valence-corrected chi connectivity index (χ3v) is 5.80. The molecule has 0 aliphatic heterocycles. The van der Waals surface area contributed by atoms with Gasteiger partial charge in [0.1, 0.15) is 6.07 Å². The van der Waals surface area contributed by atoms with Gasteiger partial charge in [0.2, 0.25) is 0 Å². The highest BCUT2D eigenvalue weighted by Gasteiger charge is 2.29. The molecule has 2 saturated carbocycles. The molecule has 122 valence electrons. The average Bonchev–Trinajstić information content (AvgIpc) is 2.56. The SMILES string of the molecule is CCC[C@H]1CC[C@H](C2CCC(/C=C/C=C(\F)C#N)CC2)CC1. The van der Waals surface area contributed by atoms with E-state index in [1.807, 2.05) is 0 Å². The van der Waals surface area contributed by atoms with E-state index in [2.05, 4.69) is 13.0 Å². The van der Waals surface area contributed by atoms with Crippen molar-refractivity contribution < 1.29 is 4.39 Å². The molecule has 1 nitrogen and oxygen atoms in total. The smallest absolute Gasteiger partial charge is 0.195 e. The first kappa shape index (κ1) is 17.3. The summed E-state index contributed by atoms with van der Waals surface area (Å²) in [5, 5.41) is 8.38. The lowest BCUT2D eigenvalue weighted by Gasteiger charge is -2.37. The quantitative estimate of drug-likeness (QED) is 0.430. The number of allylic oxidation sites excluding steroid dienone is 4. The van der Waals surface area contributed by atoms with Crippen molar-refractivity contribution in [2.45, 2.75) is 71.1 Å². The normalized spacial score (nSPS) is 33.8. The molecular formula is C20H30FN. The fraction of sp³-hybridized carbons (Fsp3) is 0.750. The maximum Gasteiger partial charge on any atom is 0.199 e. The molecule has 0 unspecified atom stereocenters. The first-order chi connectivity index (χ1) is 10.7. The van der Waals surface area contributed by atoms with Gasteiger partial charge in [-0.15, -0.1) is 0 Å². The minimum atomic E-state index is -0.700. The molecule has 2 fully saturated rings. The Labute approximate surface area is 135 Å². The van der Waals surface area contributed by atoms with E-state index >= 15 is 0 Å². The van der Waals surface area contributed by atoms with Crippen LogP contribution in [0.1, 0.15) is 71.1 Å². The lowest BCUT2D eigenvalue weighted by atomic mass is 9.69. The van der Waals surface area contributed by atoms with Gasteiger partial charge in [-0.1, -0.05) is 44.8 Å². The molecule has 2 aliphatic carbocycles. The molecule has 0 aromatic carbocycles. The van der Waals surface area contributed by atoms with Crippen molar-refractivity contribution >= 4 is 0 Å². The average molecular weight is 303 g/mol. The zero-order valence-corrected chi connectivity index (χ0v) is 13.9. The molecule has 2 aliphatic rings. The maximum atomic E-state index is 12.7. The van der Waals surface area contributed by atoms with Gasteiger partial charge in [0.25, 0.3) is 0 Å². The van der Waals surface area contributed by atoms with Crippen LogP contribution in [0.25, 0.3) is 0 Å². The van der Waals surface area contributed by atoms with Crippen molar-refractivity contribution in [3.63, 3.8) is 0 Å². The highest BCUT2D eigenvalue weighted by Crippen LogP contribution is 2.42. The van der Waals surface area contributed by atoms with Crippen molar-refractivity contribution in [1.82, 2.24) is 0 Å². The Hall–Kier alpha value is -1.10. The molecule has 0 spiro atoms. The van der Waals surface area contributed by atoms with Crippen LogP contribution >= 0.6 is 0 Å². The number of nitrogens with zero attached hydrogens (tertiary/aromatic N) is 1. The number of rotatable bonds is 5. The minimum absolute atomic E-state index is 0.579. The molecular weight excluding hydrogens is 273 g/mol. The summed E-state index contributed by atoms with van der Waals surface area (Å²) in [6, 6.07) is 1.51. The lowest BCUT2D eigenvalue weighted by Crippen LogP contribution is -2.25. The second-order valence-electron chi connectivity index (χ2n) is 7.26. The van der Waals surface area contributed by atoms with E-state index in [9.17, 15) is 4.39 Å². The summed E-state index contributed by atoms with van der Waals surface area (Å²) in [6.45, 7) is 2.30. The van der Waals surface area contributed by atoms with E-state index in [-0.39, 0.29) is 0 Å². The van der Waals surface area contributed by atoms with Crippen LogP contribution in [0.15, 0.2) is 24.1 Å². The second kappa shape index (κ2) is 9.13. The fourth-order valence-corrected chi connectivity index (χ4v) is 4.50. The Morgan fingerprint density at radius 2 is 1.64 bits per heavy atom. The van der Waals surface area contributed by atoms with E-state index in [1.54, 1.807) is 6.08 Å². The van der Waals surface area contributed by atoms with E-state index in [4.69, 9.17) is 5.26 Å². The molecule has 0 bridgehead atoms. The molecule has 0 radical (unpaired) electrons. The number of halogens is 1. The summed E-state index contributed by atoms with van der Waals surface area (Å²) in [7, 11) is 0. The predicted molar refractivity (Wildman–Crippen MR) is 89.7 cm³/mol. The van der Waals surface area contributed by atoms with Crippen molar-refractivity contribution in [2.24, 2.45) is 23.7 Å². The molecule has 0 amide bonds. The fourth-order valence-electron chi connectivity index (χ4n) is 4.50. The highest BCUT2D eigenvalue weighted by molar-refractivity contribution is 5.19. The van der Waals surface area contributed by atoms with Gasteiger partial charge in [-0.2, -0.15) is 9.65 Å². The molecule has 2 heteroatoms. The Morgan fingerprint density at radius 3 is 2.18 bits per heavy atom. The largest absolute Gasteiger partial charge is 0.199 e. The summed E-state index contributed by atoms with van der Waals surface area (Å²) in [6.07, 6.45) is 18.8. The van der Waals surface area contributed by atoms with Crippen LogP contribution in [0, 0.1) is 35.0 Å².